The molecule has 0 aromatic carbocycles. The van der Waals surface area contributed by atoms with Gasteiger partial charge in [-0.15, -0.1) is 6.58 Å². The molecule has 0 heterocycles. The number of ketones is 1. The minimum absolute atomic E-state index is 0.220. The van der Waals surface area contributed by atoms with Crippen molar-refractivity contribution in [1.82, 2.24) is 0 Å². The molecule has 0 aliphatic heterocycles. The fourth-order valence-corrected chi connectivity index (χ4v) is 4.70. The van der Waals surface area contributed by atoms with Gasteiger partial charge in [0, 0.05) is 5.41 Å². The van der Waals surface area contributed by atoms with Gasteiger partial charge in [-0.05, 0) is 55.4 Å². The van der Waals surface area contributed by atoms with Crippen LogP contribution in [-0.2, 0) is 4.79 Å². The first-order valence-electron chi connectivity index (χ1n) is 7.04. The summed E-state index contributed by atoms with van der Waals surface area (Å²) < 4.78 is 0. The Balaban J connectivity index is 2.07. The number of fused-ring (bicyclic) bond motifs is 2. The van der Waals surface area contributed by atoms with Crippen LogP contribution in [0.1, 0.15) is 39.0 Å². The van der Waals surface area contributed by atoms with Crippen LogP contribution in [0.2, 0.25) is 0 Å². The van der Waals surface area contributed by atoms with Crippen molar-refractivity contribution in [2.24, 2.45) is 22.7 Å². The maximum absolute atomic E-state index is 12.4. The van der Waals surface area contributed by atoms with Crippen molar-refractivity contribution in [3.05, 3.63) is 37.0 Å². The molecule has 2 bridgehead atoms. The number of carbonyl (C=O) groups is 1. The number of allylic oxidation sites excluding steroid dienone is 4. The third-order valence-corrected chi connectivity index (χ3v) is 5.77. The predicted molar refractivity (Wildman–Crippen MR) is 74.1 cm³/mol. The van der Waals surface area contributed by atoms with Crippen LogP contribution in [0.3, 0.4) is 0 Å². The van der Waals surface area contributed by atoms with Gasteiger partial charge in [0.15, 0.2) is 5.78 Å². The maximum atomic E-state index is 12.4. The molecular weight excluding hydrogens is 220 g/mol. The molecule has 0 radical (unpaired) electrons. The van der Waals surface area contributed by atoms with Crippen LogP contribution >= 0.6 is 0 Å². The summed E-state index contributed by atoms with van der Waals surface area (Å²) in [7, 11) is 0. The quantitative estimate of drug-likeness (QED) is 0.667. The van der Waals surface area contributed by atoms with Crippen LogP contribution < -0.4 is 0 Å². The molecule has 3 fully saturated rings. The fraction of sp³-hybridized carbons (Fsp3) is 0.588. The number of rotatable bonds is 2. The lowest BCUT2D eigenvalue weighted by atomic mass is 9.45. The van der Waals surface area contributed by atoms with E-state index in [0.717, 1.165) is 19.3 Å². The first kappa shape index (κ1) is 12.0. The van der Waals surface area contributed by atoms with Gasteiger partial charge in [0.05, 0.1) is 0 Å². The van der Waals surface area contributed by atoms with E-state index in [1.54, 1.807) is 0 Å². The van der Waals surface area contributed by atoms with Crippen molar-refractivity contribution in [1.29, 1.82) is 0 Å². The smallest absolute Gasteiger partial charge is 0.161 e. The van der Waals surface area contributed by atoms with E-state index < -0.39 is 0 Å². The van der Waals surface area contributed by atoms with Crippen LogP contribution in [0.15, 0.2) is 37.0 Å². The molecule has 0 saturated heterocycles. The van der Waals surface area contributed by atoms with E-state index >= 15 is 0 Å². The number of hydrogen-bond donors (Lipinski definition) is 0. The standard InChI is InChI=1S/C17H22O/c1-4-7-16(3)14-10-13-5-8-17(14,11-12(13)2)9-6-15(16)18/h4,6,9,13-14H,1-2,5,7-8,10-11H2,3H3/t13-,14-,16?,17?/m1/s1. The number of hydrogen-bond acceptors (Lipinski definition) is 1. The molecule has 0 aromatic heterocycles. The lowest BCUT2D eigenvalue weighted by molar-refractivity contribution is -0.134. The number of carbonyl (C=O) groups excluding carboxylic acids is 1. The average molecular weight is 242 g/mol. The van der Waals surface area contributed by atoms with Crippen molar-refractivity contribution < 1.29 is 4.79 Å². The van der Waals surface area contributed by atoms with E-state index in [2.05, 4.69) is 26.2 Å². The third kappa shape index (κ3) is 1.36. The topological polar surface area (TPSA) is 17.1 Å². The van der Waals surface area contributed by atoms with E-state index in [-0.39, 0.29) is 10.8 Å². The second kappa shape index (κ2) is 3.69. The highest BCUT2D eigenvalue weighted by molar-refractivity contribution is 5.96. The van der Waals surface area contributed by atoms with Gasteiger partial charge in [0.25, 0.3) is 0 Å². The fourth-order valence-electron chi connectivity index (χ4n) is 4.70. The summed E-state index contributed by atoms with van der Waals surface area (Å²) in [5.74, 6) is 1.45. The largest absolute Gasteiger partial charge is 0.294 e. The normalized spacial score (nSPS) is 46.1. The average Bonchev–Trinajstić information content (AvgIpc) is 2.35. The van der Waals surface area contributed by atoms with Crippen LogP contribution in [0.25, 0.3) is 0 Å². The second-order valence-electron chi connectivity index (χ2n) is 6.70. The Labute approximate surface area is 110 Å². The Morgan fingerprint density at radius 3 is 3.00 bits per heavy atom. The Kier molecular flexibility index (Phi) is 2.45. The molecule has 4 rings (SSSR count). The lowest BCUT2D eigenvalue weighted by Crippen LogP contribution is -2.53. The van der Waals surface area contributed by atoms with E-state index in [4.69, 9.17) is 0 Å². The highest BCUT2D eigenvalue weighted by Crippen LogP contribution is 2.63. The van der Waals surface area contributed by atoms with Crippen molar-refractivity contribution in [2.75, 3.05) is 0 Å². The van der Waals surface area contributed by atoms with E-state index in [0.29, 0.717) is 17.6 Å². The molecule has 1 spiro atoms. The summed E-state index contributed by atoms with van der Waals surface area (Å²) >= 11 is 0. The monoisotopic (exact) mass is 242 g/mol. The molecule has 0 amide bonds. The van der Waals surface area contributed by atoms with Gasteiger partial charge in [-0.2, -0.15) is 0 Å². The summed E-state index contributed by atoms with van der Waals surface area (Å²) in [4.78, 5) is 12.4. The lowest BCUT2D eigenvalue weighted by Gasteiger charge is -2.59. The minimum Gasteiger partial charge on any atom is -0.294 e. The van der Waals surface area contributed by atoms with E-state index in [1.165, 1.54) is 18.4 Å². The SMILES string of the molecule is C=CCC1(C)C(=O)C=CC23CC[C@H](C[C@@H]21)C(=C)C3. The van der Waals surface area contributed by atoms with Gasteiger partial charge in [0.2, 0.25) is 0 Å². The highest BCUT2D eigenvalue weighted by Gasteiger charge is 2.57. The first-order chi connectivity index (χ1) is 8.52. The van der Waals surface area contributed by atoms with Crippen LogP contribution in [0.4, 0.5) is 0 Å². The van der Waals surface area contributed by atoms with Gasteiger partial charge >= 0.3 is 0 Å². The van der Waals surface area contributed by atoms with Crippen molar-refractivity contribution >= 4 is 5.78 Å². The summed E-state index contributed by atoms with van der Waals surface area (Å²) in [5, 5.41) is 0. The summed E-state index contributed by atoms with van der Waals surface area (Å²) in [6.07, 6.45) is 11.5. The molecular formula is C17H22O. The maximum Gasteiger partial charge on any atom is 0.161 e. The van der Waals surface area contributed by atoms with Crippen LogP contribution in [0.5, 0.6) is 0 Å². The zero-order valence-electron chi connectivity index (χ0n) is 11.2. The molecule has 3 saturated carbocycles. The van der Waals surface area contributed by atoms with Crippen molar-refractivity contribution in [2.45, 2.75) is 39.0 Å². The van der Waals surface area contributed by atoms with Gasteiger partial charge in [-0.25, -0.2) is 0 Å². The molecule has 18 heavy (non-hydrogen) atoms. The summed E-state index contributed by atoms with van der Waals surface area (Å²) in [5.41, 5.74) is 1.41. The van der Waals surface area contributed by atoms with Crippen molar-refractivity contribution in [3.63, 3.8) is 0 Å². The molecule has 4 aliphatic carbocycles. The minimum atomic E-state index is -0.226. The Bertz CT molecular complexity index is 458. The second-order valence-corrected chi connectivity index (χ2v) is 6.70. The van der Waals surface area contributed by atoms with E-state index in [1.807, 2.05) is 12.2 Å². The molecule has 0 aromatic rings. The Morgan fingerprint density at radius 1 is 1.56 bits per heavy atom. The molecule has 4 atom stereocenters. The molecule has 96 valence electrons. The third-order valence-electron chi connectivity index (χ3n) is 5.77. The van der Waals surface area contributed by atoms with Gasteiger partial charge < -0.3 is 0 Å². The first-order valence-corrected chi connectivity index (χ1v) is 7.04. The zero-order chi connectivity index (χ0) is 13.0. The highest BCUT2D eigenvalue weighted by atomic mass is 16.1. The Morgan fingerprint density at radius 2 is 2.33 bits per heavy atom. The zero-order valence-corrected chi connectivity index (χ0v) is 11.2. The molecule has 4 aliphatic rings. The van der Waals surface area contributed by atoms with E-state index in [9.17, 15) is 4.79 Å². The molecule has 1 nitrogen and oxygen atoms in total. The van der Waals surface area contributed by atoms with Crippen molar-refractivity contribution in [3.8, 4) is 0 Å². The molecule has 1 heteroatoms. The molecule has 0 N–H and O–H groups in total. The van der Waals surface area contributed by atoms with Gasteiger partial charge in [-0.3, -0.25) is 4.79 Å². The summed E-state index contributed by atoms with van der Waals surface area (Å²) in [6.45, 7) is 10.3. The van der Waals surface area contributed by atoms with Gasteiger partial charge in [-0.1, -0.05) is 31.2 Å². The van der Waals surface area contributed by atoms with Crippen LogP contribution in [0, 0.1) is 22.7 Å². The molecule has 2 unspecified atom stereocenters. The Hall–Kier alpha value is -1.11. The van der Waals surface area contributed by atoms with Gasteiger partial charge in [0.1, 0.15) is 0 Å². The predicted octanol–water partition coefficient (Wildman–Crippen LogP) is 4.07. The van der Waals surface area contributed by atoms with Crippen LogP contribution in [-0.4, -0.2) is 5.78 Å². The summed E-state index contributed by atoms with van der Waals surface area (Å²) in [6, 6.07) is 0.